The first-order valence-corrected chi connectivity index (χ1v) is 9.22. The van der Waals surface area contributed by atoms with Gasteiger partial charge in [0.15, 0.2) is 11.0 Å². The summed E-state index contributed by atoms with van der Waals surface area (Å²) >= 11 is 1.39. The number of ether oxygens (including phenoxy) is 1. The van der Waals surface area contributed by atoms with Crippen LogP contribution in [0.25, 0.3) is 5.57 Å². The number of thioether (sulfide) groups is 1. The van der Waals surface area contributed by atoms with Gasteiger partial charge in [0.05, 0.1) is 12.0 Å². The van der Waals surface area contributed by atoms with Gasteiger partial charge in [-0.2, -0.15) is 0 Å². The molecule has 1 aromatic heterocycles. The zero-order chi connectivity index (χ0) is 18.7. The molecule has 0 bridgehead atoms. The molecule has 6 heteroatoms. The molecule has 1 saturated heterocycles. The fraction of sp³-hybridized carbons (Fsp3) is 0.250. The van der Waals surface area contributed by atoms with Gasteiger partial charge in [0.2, 0.25) is 0 Å². The minimum atomic E-state index is -0.0239. The van der Waals surface area contributed by atoms with Crippen molar-refractivity contribution in [3.8, 4) is 5.75 Å². The smallest absolute Gasteiger partial charge is 0.267 e. The Morgan fingerprint density at radius 1 is 1.27 bits per heavy atom. The van der Waals surface area contributed by atoms with E-state index in [9.17, 15) is 4.79 Å². The Balaban J connectivity index is 2.00. The van der Waals surface area contributed by atoms with Crippen LogP contribution in [-0.2, 0) is 4.79 Å². The Hall–Kier alpha value is -2.60. The second kappa shape index (κ2) is 7.74. The van der Waals surface area contributed by atoms with Crippen molar-refractivity contribution >= 4 is 34.2 Å². The summed E-state index contributed by atoms with van der Waals surface area (Å²) in [5.74, 6) is 1.35. The van der Waals surface area contributed by atoms with E-state index in [1.807, 2.05) is 63.2 Å². The van der Waals surface area contributed by atoms with Gasteiger partial charge < -0.3 is 4.74 Å². The number of aliphatic imine (C=N–C) groups is 1. The number of aromatic nitrogens is 1. The molecule has 0 spiro atoms. The number of amides is 1. The molecule has 2 aromatic rings. The lowest BCUT2D eigenvalue weighted by Gasteiger charge is -2.12. The molecule has 0 N–H and O–H groups in total. The molecular formula is C20H21N3O2S. The Labute approximate surface area is 157 Å². The number of carbonyl (C=O) groups is 1. The number of likely N-dealkylation sites (N-methyl/N-ethyl adjacent to an activating group) is 1. The zero-order valence-corrected chi connectivity index (χ0v) is 16.1. The third kappa shape index (κ3) is 3.65. The number of pyridine rings is 1. The summed E-state index contributed by atoms with van der Waals surface area (Å²) in [6, 6.07) is 13.4. The Morgan fingerprint density at radius 3 is 2.73 bits per heavy atom. The van der Waals surface area contributed by atoms with Gasteiger partial charge in [0.25, 0.3) is 5.91 Å². The van der Waals surface area contributed by atoms with Crippen molar-refractivity contribution in [2.75, 3.05) is 13.7 Å². The molecule has 2 heterocycles. The maximum atomic E-state index is 12.9. The monoisotopic (exact) mass is 367 g/mol. The number of carbonyl (C=O) groups excluding carboxylic acids is 1. The van der Waals surface area contributed by atoms with Gasteiger partial charge in [-0.05, 0) is 67.9 Å². The van der Waals surface area contributed by atoms with Crippen LogP contribution in [0.2, 0.25) is 0 Å². The molecule has 0 aliphatic carbocycles. The predicted molar refractivity (Wildman–Crippen MR) is 107 cm³/mol. The normalized spacial score (nSPS) is 17.8. The minimum absolute atomic E-state index is 0.0239. The first-order valence-electron chi connectivity index (χ1n) is 8.41. The molecule has 1 aliphatic rings. The van der Waals surface area contributed by atoms with Gasteiger partial charge in [-0.25, -0.2) is 9.98 Å². The van der Waals surface area contributed by atoms with Crippen LogP contribution in [0.4, 0.5) is 5.82 Å². The second-order valence-electron chi connectivity index (χ2n) is 5.87. The third-order valence-electron chi connectivity index (χ3n) is 4.11. The zero-order valence-electron chi connectivity index (χ0n) is 15.3. The van der Waals surface area contributed by atoms with Gasteiger partial charge in [0.1, 0.15) is 5.75 Å². The molecule has 0 radical (unpaired) electrons. The average Bonchev–Trinajstić information content (AvgIpc) is 2.96. The van der Waals surface area contributed by atoms with Crippen LogP contribution in [0.15, 0.2) is 52.4 Å². The predicted octanol–water partition coefficient (Wildman–Crippen LogP) is 4.41. The van der Waals surface area contributed by atoms with E-state index >= 15 is 0 Å². The van der Waals surface area contributed by atoms with Crippen LogP contribution in [0.5, 0.6) is 5.75 Å². The van der Waals surface area contributed by atoms with Crippen molar-refractivity contribution in [3.05, 3.63) is 58.6 Å². The van der Waals surface area contributed by atoms with Crippen molar-refractivity contribution in [3.63, 3.8) is 0 Å². The quantitative estimate of drug-likeness (QED) is 0.751. The Bertz CT molecular complexity index is 905. The summed E-state index contributed by atoms with van der Waals surface area (Å²) < 4.78 is 5.29. The number of hydrogen-bond donors (Lipinski definition) is 0. The summed E-state index contributed by atoms with van der Waals surface area (Å²) in [7, 11) is 1.63. The van der Waals surface area contributed by atoms with E-state index in [4.69, 9.17) is 4.74 Å². The highest BCUT2D eigenvalue weighted by molar-refractivity contribution is 8.18. The third-order valence-corrected chi connectivity index (χ3v) is 5.29. The van der Waals surface area contributed by atoms with E-state index in [0.717, 1.165) is 22.6 Å². The van der Waals surface area contributed by atoms with E-state index in [-0.39, 0.29) is 5.91 Å². The van der Waals surface area contributed by atoms with Crippen LogP contribution >= 0.6 is 11.8 Å². The van der Waals surface area contributed by atoms with E-state index in [2.05, 4.69) is 9.98 Å². The fourth-order valence-corrected chi connectivity index (χ4v) is 3.79. The van der Waals surface area contributed by atoms with Crippen LogP contribution < -0.4 is 4.74 Å². The Morgan fingerprint density at radius 2 is 2.04 bits per heavy atom. The Kier molecular flexibility index (Phi) is 5.42. The van der Waals surface area contributed by atoms with Gasteiger partial charge in [-0.1, -0.05) is 18.2 Å². The van der Waals surface area contributed by atoms with Crippen molar-refractivity contribution in [1.82, 2.24) is 9.88 Å². The molecule has 0 saturated carbocycles. The van der Waals surface area contributed by atoms with Gasteiger partial charge in [0, 0.05) is 12.2 Å². The fourth-order valence-electron chi connectivity index (χ4n) is 2.67. The second-order valence-corrected chi connectivity index (χ2v) is 6.85. The maximum absolute atomic E-state index is 12.9. The molecular weight excluding hydrogens is 346 g/mol. The van der Waals surface area contributed by atoms with Crippen molar-refractivity contribution in [2.45, 2.75) is 20.8 Å². The molecule has 134 valence electrons. The van der Waals surface area contributed by atoms with Crippen molar-refractivity contribution in [2.24, 2.45) is 4.99 Å². The molecule has 1 fully saturated rings. The van der Waals surface area contributed by atoms with Crippen LogP contribution in [-0.4, -0.2) is 34.6 Å². The topological polar surface area (TPSA) is 54.8 Å². The summed E-state index contributed by atoms with van der Waals surface area (Å²) in [4.78, 5) is 24.3. The van der Waals surface area contributed by atoms with E-state index in [1.165, 1.54) is 11.8 Å². The lowest BCUT2D eigenvalue weighted by Crippen LogP contribution is -2.28. The van der Waals surface area contributed by atoms with Gasteiger partial charge in [-0.3, -0.25) is 9.69 Å². The lowest BCUT2D eigenvalue weighted by atomic mass is 10.1. The number of hydrogen-bond acceptors (Lipinski definition) is 5. The number of benzene rings is 1. The highest BCUT2D eigenvalue weighted by atomic mass is 32.2. The van der Waals surface area contributed by atoms with E-state index < -0.39 is 0 Å². The SMILES string of the molecule is CCN1C(=O)/C(=C(\C)c2cccc(OC)c2)S/C1=N/c1cccc(C)n1. The molecule has 1 aromatic carbocycles. The highest BCUT2D eigenvalue weighted by Gasteiger charge is 2.34. The molecule has 3 rings (SSSR count). The summed E-state index contributed by atoms with van der Waals surface area (Å²) in [5, 5.41) is 0.660. The number of amidine groups is 1. The number of rotatable bonds is 4. The summed E-state index contributed by atoms with van der Waals surface area (Å²) in [6.45, 7) is 6.38. The van der Waals surface area contributed by atoms with Crippen molar-refractivity contribution in [1.29, 1.82) is 0 Å². The standard InChI is InChI=1S/C20H21N3O2S/c1-5-23-19(24)18(14(3)15-9-7-10-16(12-15)25-4)26-20(23)22-17-11-6-8-13(2)21-17/h6-12H,5H2,1-4H3/b18-14-,22-20+. The number of methoxy groups -OCH3 is 1. The molecule has 0 atom stereocenters. The van der Waals surface area contributed by atoms with Crippen LogP contribution in [0.3, 0.4) is 0 Å². The van der Waals surface area contributed by atoms with Gasteiger partial charge >= 0.3 is 0 Å². The number of allylic oxidation sites excluding steroid dienone is 1. The lowest BCUT2D eigenvalue weighted by molar-refractivity contribution is -0.122. The minimum Gasteiger partial charge on any atom is -0.497 e. The maximum Gasteiger partial charge on any atom is 0.267 e. The molecule has 1 aliphatic heterocycles. The molecule has 0 unspecified atom stereocenters. The molecule has 5 nitrogen and oxygen atoms in total. The summed E-state index contributed by atoms with van der Waals surface area (Å²) in [5.41, 5.74) is 2.78. The summed E-state index contributed by atoms with van der Waals surface area (Å²) in [6.07, 6.45) is 0. The largest absolute Gasteiger partial charge is 0.497 e. The molecule has 1 amide bonds. The van der Waals surface area contributed by atoms with Crippen LogP contribution in [0, 0.1) is 6.92 Å². The number of aryl methyl sites for hydroxylation is 1. The van der Waals surface area contributed by atoms with Gasteiger partial charge in [-0.15, -0.1) is 0 Å². The first kappa shape index (κ1) is 18.2. The first-order chi connectivity index (χ1) is 12.5. The number of nitrogens with zero attached hydrogens (tertiary/aromatic N) is 3. The van der Waals surface area contributed by atoms with E-state index in [0.29, 0.717) is 22.4 Å². The average molecular weight is 367 g/mol. The van der Waals surface area contributed by atoms with E-state index in [1.54, 1.807) is 12.0 Å². The van der Waals surface area contributed by atoms with Crippen molar-refractivity contribution < 1.29 is 9.53 Å². The molecule has 26 heavy (non-hydrogen) atoms. The highest BCUT2D eigenvalue weighted by Crippen LogP contribution is 2.37. The van der Waals surface area contributed by atoms with Crippen LogP contribution in [0.1, 0.15) is 25.1 Å².